The van der Waals surface area contributed by atoms with E-state index in [4.69, 9.17) is 9.47 Å². The van der Waals surface area contributed by atoms with E-state index in [0.29, 0.717) is 29.2 Å². The number of Topliss-reactive ketones (excluding diaryl/α,β-unsaturated/α-hetero) is 1. The van der Waals surface area contributed by atoms with Crippen molar-refractivity contribution in [1.82, 2.24) is 4.98 Å². The summed E-state index contributed by atoms with van der Waals surface area (Å²) < 4.78 is 11.1. The molecule has 1 fully saturated rings. The number of carbonyl (C=O) groups is 3. The van der Waals surface area contributed by atoms with Crippen LogP contribution >= 0.6 is 27.3 Å². The van der Waals surface area contributed by atoms with Gasteiger partial charge in [-0.3, -0.25) is 14.5 Å². The summed E-state index contributed by atoms with van der Waals surface area (Å²) in [4.78, 5) is 44.5. The Bertz CT molecular complexity index is 1330. The second-order valence-corrected chi connectivity index (χ2v) is 9.47. The zero-order valence-electron chi connectivity index (χ0n) is 19.1. The molecule has 35 heavy (non-hydrogen) atoms. The molecule has 0 aliphatic carbocycles. The van der Waals surface area contributed by atoms with Gasteiger partial charge in [-0.05, 0) is 55.8 Å². The van der Waals surface area contributed by atoms with Crippen molar-refractivity contribution in [3.05, 3.63) is 80.3 Å². The molecule has 1 unspecified atom stereocenters. The molecule has 1 amide bonds. The number of ether oxygens (including phenoxy) is 2. The maximum atomic E-state index is 13.3. The van der Waals surface area contributed by atoms with Gasteiger partial charge in [-0.1, -0.05) is 39.4 Å². The Kier molecular flexibility index (Phi) is 7.04. The van der Waals surface area contributed by atoms with E-state index < -0.39 is 23.7 Å². The molecule has 8 nitrogen and oxygen atoms in total. The number of esters is 1. The van der Waals surface area contributed by atoms with Crippen LogP contribution in [0.15, 0.2) is 58.6 Å². The molecule has 1 aromatic heterocycles. The van der Waals surface area contributed by atoms with Crippen LogP contribution in [0.4, 0.5) is 5.13 Å². The van der Waals surface area contributed by atoms with Crippen molar-refractivity contribution in [3.8, 4) is 5.75 Å². The second-order valence-electron chi connectivity index (χ2n) is 7.58. The smallest absolute Gasteiger partial charge is 0.350 e. The lowest BCUT2D eigenvalue weighted by Gasteiger charge is -2.23. The average molecular weight is 557 g/mol. The number of aliphatic hydroxyl groups is 1. The molecular formula is C25H21BrN2O6S. The number of anilines is 1. The predicted molar refractivity (Wildman–Crippen MR) is 135 cm³/mol. The molecular weight excluding hydrogens is 536 g/mol. The monoisotopic (exact) mass is 556 g/mol. The van der Waals surface area contributed by atoms with Crippen LogP contribution in [0.25, 0.3) is 5.76 Å². The summed E-state index contributed by atoms with van der Waals surface area (Å²) >= 11 is 4.34. The van der Waals surface area contributed by atoms with Crippen molar-refractivity contribution in [1.29, 1.82) is 0 Å². The van der Waals surface area contributed by atoms with E-state index in [1.54, 1.807) is 55.5 Å². The van der Waals surface area contributed by atoms with Gasteiger partial charge in [-0.2, -0.15) is 0 Å². The van der Waals surface area contributed by atoms with Crippen molar-refractivity contribution < 1.29 is 29.0 Å². The largest absolute Gasteiger partial charge is 0.507 e. The standard InChI is InChI=1S/C25H21BrN2O6S/c1-4-34-17-11-7-15(8-12-17)20(29)18-19(14-5-9-16(26)10-6-14)28(23(31)21(18)30)25-27-13(2)22(35-25)24(32)33-3/h5-12,19,29H,4H2,1-3H3/b20-18-. The number of ketones is 1. The lowest BCUT2D eigenvalue weighted by atomic mass is 9.95. The second kappa shape index (κ2) is 10.0. The first-order chi connectivity index (χ1) is 16.8. The fourth-order valence-corrected chi connectivity index (χ4v) is 5.06. The molecule has 1 N–H and O–H groups in total. The molecule has 180 valence electrons. The van der Waals surface area contributed by atoms with Gasteiger partial charge in [0.2, 0.25) is 0 Å². The van der Waals surface area contributed by atoms with Crippen LogP contribution in [-0.2, 0) is 14.3 Å². The quantitative estimate of drug-likeness (QED) is 0.196. The lowest BCUT2D eigenvalue weighted by molar-refractivity contribution is -0.132. The number of carbonyl (C=O) groups excluding carboxylic acids is 3. The Morgan fingerprint density at radius 1 is 1.14 bits per heavy atom. The van der Waals surface area contributed by atoms with Gasteiger partial charge < -0.3 is 14.6 Å². The Morgan fingerprint density at radius 3 is 2.40 bits per heavy atom. The molecule has 4 rings (SSSR count). The zero-order chi connectivity index (χ0) is 25.3. The molecule has 3 aromatic rings. The molecule has 1 atom stereocenters. The third-order valence-corrected chi connectivity index (χ3v) is 7.10. The Hall–Kier alpha value is -3.50. The van der Waals surface area contributed by atoms with Crippen molar-refractivity contribution in [3.63, 3.8) is 0 Å². The summed E-state index contributed by atoms with van der Waals surface area (Å²) in [7, 11) is 1.26. The van der Waals surface area contributed by atoms with Crippen LogP contribution < -0.4 is 9.64 Å². The number of amides is 1. The number of nitrogens with zero attached hydrogens (tertiary/aromatic N) is 2. The number of aromatic nitrogens is 1. The van der Waals surface area contributed by atoms with Gasteiger partial charge in [-0.15, -0.1) is 0 Å². The normalized spacial score (nSPS) is 17.0. The van der Waals surface area contributed by atoms with Gasteiger partial charge in [0.15, 0.2) is 5.13 Å². The highest BCUT2D eigenvalue weighted by Crippen LogP contribution is 2.44. The summed E-state index contributed by atoms with van der Waals surface area (Å²) in [5.74, 6) is -1.99. The van der Waals surface area contributed by atoms with Crippen molar-refractivity contribution in [2.24, 2.45) is 0 Å². The Labute approximate surface area is 213 Å². The molecule has 2 heterocycles. The van der Waals surface area contributed by atoms with E-state index in [2.05, 4.69) is 20.9 Å². The minimum absolute atomic E-state index is 0.0750. The number of rotatable bonds is 6. The molecule has 1 aliphatic rings. The Morgan fingerprint density at radius 2 is 1.80 bits per heavy atom. The first kappa shape index (κ1) is 24.6. The van der Waals surface area contributed by atoms with Crippen molar-refractivity contribution >= 4 is 55.8 Å². The summed E-state index contributed by atoms with van der Waals surface area (Å²) in [6.07, 6.45) is 0. The fourth-order valence-electron chi connectivity index (χ4n) is 3.79. The molecule has 10 heteroatoms. The number of aliphatic hydroxyl groups excluding tert-OH is 1. The summed E-state index contributed by atoms with van der Waals surface area (Å²) in [5, 5.41) is 11.4. The van der Waals surface area contributed by atoms with Gasteiger partial charge in [0.05, 0.1) is 31.0 Å². The highest BCUT2D eigenvalue weighted by Gasteiger charge is 2.48. The number of methoxy groups -OCH3 is 1. The third kappa shape index (κ3) is 4.59. The maximum Gasteiger partial charge on any atom is 0.350 e. The van der Waals surface area contributed by atoms with E-state index in [-0.39, 0.29) is 21.3 Å². The van der Waals surface area contributed by atoms with E-state index in [0.717, 1.165) is 15.8 Å². The Balaban J connectivity index is 1.89. The lowest BCUT2D eigenvalue weighted by Crippen LogP contribution is -2.29. The van der Waals surface area contributed by atoms with Crippen LogP contribution in [0.1, 0.15) is 39.5 Å². The highest BCUT2D eigenvalue weighted by atomic mass is 79.9. The van der Waals surface area contributed by atoms with Crippen molar-refractivity contribution in [2.75, 3.05) is 18.6 Å². The number of benzene rings is 2. The van der Waals surface area contributed by atoms with E-state index in [9.17, 15) is 19.5 Å². The fraction of sp³-hybridized carbons (Fsp3) is 0.200. The van der Waals surface area contributed by atoms with Crippen LogP contribution in [0.5, 0.6) is 5.75 Å². The van der Waals surface area contributed by atoms with Crippen molar-refractivity contribution in [2.45, 2.75) is 19.9 Å². The molecule has 0 bridgehead atoms. The summed E-state index contributed by atoms with van der Waals surface area (Å²) in [6, 6.07) is 12.7. The molecule has 0 saturated carbocycles. The van der Waals surface area contributed by atoms with Gasteiger partial charge in [-0.25, -0.2) is 9.78 Å². The number of aryl methyl sites for hydroxylation is 1. The van der Waals surface area contributed by atoms with Crippen LogP contribution in [-0.4, -0.2) is 41.5 Å². The topological polar surface area (TPSA) is 106 Å². The number of hydrogen-bond acceptors (Lipinski definition) is 8. The third-order valence-electron chi connectivity index (χ3n) is 5.43. The maximum absolute atomic E-state index is 13.3. The summed E-state index contributed by atoms with van der Waals surface area (Å²) in [6.45, 7) is 3.97. The minimum Gasteiger partial charge on any atom is -0.507 e. The SMILES string of the molecule is CCOc1ccc(/C(O)=C2/C(=O)C(=O)N(c3nc(C)c(C(=O)OC)s3)C2c2ccc(Br)cc2)cc1. The highest BCUT2D eigenvalue weighted by molar-refractivity contribution is 9.10. The van der Waals surface area contributed by atoms with Crippen LogP contribution in [0.3, 0.4) is 0 Å². The molecule has 0 radical (unpaired) electrons. The predicted octanol–water partition coefficient (Wildman–Crippen LogP) is 5.03. The van der Waals surface area contributed by atoms with Crippen LogP contribution in [0.2, 0.25) is 0 Å². The number of thiazole rings is 1. The van der Waals surface area contributed by atoms with E-state index in [1.807, 2.05) is 6.92 Å². The summed E-state index contributed by atoms with van der Waals surface area (Å²) in [5.41, 5.74) is 1.25. The van der Waals surface area contributed by atoms with Gasteiger partial charge in [0.1, 0.15) is 16.4 Å². The minimum atomic E-state index is -0.953. The molecule has 1 saturated heterocycles. The first-order valence-corrected chi connectivity index (χ1v) is 12.2. The van der Waals surface area contributed by atoms with Gasteiger partial charge in [0.25, 0.3) is 5.78 Å². The van der Waals surface area contributed by atoms with Crippen LogP contribution in [0, 0.1) is 6.92 Å². The average Bonchev–Trinajstić information content (AvgIpc) is 3.36. The number of halogens is 1. The molecule has 1 aliphatic heterocycles. The zero-order valence-corrected chi connectivity index (χ0v) is 21.5. The van der Waals surface area contributed by atoms with Gasteiger partial charge in [0, 0.05) is 10.0 Å². The van der Waals surface area contributed by atoms with E-state index in [1.165, 1.54) is 12.0 Å². The number of hydrogen-bond donors (Lipinski definition) is 1. The first-order valence-electron chi connectivity index (χ1n) is 10.6. The van der Waals surface area contributed by atoms with Gasteiger partial charge >= 0.3 is 11.9 Å². The molecule has 0 spiro atoms. The van der Waals surface area contributed by atoms with E-state index >= 15 is 0 Å². The molecule has 2 aromatic carbocycles.